The maximum atomic E-state index is 12.7. The highest BCUT2D eigenvalue weighted by atomic mass is 35.5. The summed E-state index contributed by atoms with van der Waals surface area (Å²) < 4.78 is 12.7. The van der Waals surface area contributed by atoms with Crippen molar-refractivity contribution in [1.29, 1.82) is 0 Å². The molecule has 0 spiro atoms. The van der Waals surface area contributed by atoms with E-state index in [1.165, 1.54) is 24.3 Å². The first-order chi connectivity index (χ1) is 7.66. The molecule has 0 N–H and O–H groups in total. The van der Waals surface area contributed by atoms with Crippen LogP contribution in [-0.2, 0) is 0 Å². The number of benzene rings is 1. The van der Waals surface area contributed by atoms with Gasteiger partial charge in [-0.3, -0.25) is 4.79 Å². The molecule has 0 amide bonds. The third-order valence-corrected chi connectivity index (χ3v) is 2.80. The lowest BCUT2D eigenvalue weighted by Gasteiger charge is -2.12. The van der Waals surface area contributed by atoms with Crippen LogP contribution in [-0.4, -0.2) is 5.78 Å². The van der Waals surface area contributed by atoms with Crippen LogP contribution < -0.4 is 0 Å². The lowest BCUT2D eigenvalue weighted by molar-refractivity contribution is 0.0945. The average Bonchev–Trinajstić information content (AvgIpc) is 2.30. The van der Waals surface area contributed by atoms with Crippen molar-refractivity contribution < 1.29 is 9.18 Å². The molecule has 1 nitrogen and oxygen atoms in total. The van der Waals surface area contributed by atoms with Crippen molar-refractivity contribution in [3.05, 3.63) is 58.9 Å². The minimum atomic E-state index is -0.335. The van der Waals surface area contributed by atoms with E-state index in [2.05, 4.69) is 0 Å². The van der Waals surface area contributed by atoms with E-state index in [-0.39, 0.29) is 17.5 Å². The zero-order chi connectivity index (χ0) is 11.5. The molecule has 0 saturated carbocycles. The molecule has 2 rings (SSSR count). The summed E-state index contributed by atoms with van der Waals surface area (Å²) in [6, 6.07) is 5.60. The van der Waals surface area contributed by atoms with Crippen LogP contribution >= 0.6 is 11.6 Å². The van der Waals surface area contributed by atoms with Crippen molar-refractivity contribution >= 4 is 17.4 Å². The molecule has 3 heteroatoms. The van der Waals surface area contributed by atoms with Gasteiger partial charge in [0.2, 0.25) is 0 Å². The summed E-state index contributed by atoms with van der Waals surface area (Å²) in [5.41, 5.74) is 0.530. The van der Waals surface area contributed by atoms with Gasteiger partial charge >= 0.3 is 0 Å². The van der Waals surface area contributed by atoms with Crippen LogP contribution in [0.1, 0.15) is 16.8 Å². The molecule has 1 aromatic carbocycles. The summed E-state index contributed by atoms with van der Waals surface area (Å²) in [7, 11) is 0. The Morgan fingerprint density at radius 2 is 2.00 bits per heavy atom. The van der Waals surface area contributed by atoms with Gasteiger partial charge in [0.05, 0.1) is 0 Å². The Bertz CT molecular complexity index is 459. The Labute approximate surface area is 98.2 Å². The average molecular weight is 237 g/mol. The first-order valence-corrected chi connectivity index (χ1v) is 5.38. The van der Waals surface area contributed by atoms with Gasteiger partial charge in [-0.2, -0.15) is 0 Å². The number of carbonyl (C=O) groups is 1. The van der Waals surface area contributed by atoms with E-state index >= 15 is 0 Å². The van der Waals surface area contributed by atoms with E-state index in [1.807, 2.05) is 6.08 Å². The van der Waals surface area contributed by atoms with Crippen LogP contribution in [0.15, 0.2) is 47.5 Å². The highest BCUT2D eigenvalue weighted by molar-refractivity contribution is 6.31. The summed E-state index contributed by atoms with van der Waals surface area (Å²) >= 11 is 5.77. The van der Waals surface area contributed by atoms with Crippen LogP contribution in [0.2, 0.25) is 0 Å². The molecule has 0 fully saturated rings. The van der Waals surface area contributed by atoms with Crippen LogP contribution in [0.5, 0.6) is 0 Å². The quantitative estimate of drug-likeness (QED) is 0.716. The van der Waals surface area contributed by atoms with Gasteiger partial charge in [-0.1, -0.05) is 23.8 Å². The second-order valence-corrected chi connectivity index (χ2v) is 4.10. The number of hydrogen-bond acceptors (Lipinski definition) is 1. The highest BCUT2D eigenvalue weighted by Crippen LogP contribution is 2.22. The van der Waals surface area contributed by atoms with Gasteiger partial charge in [-0.15, -0.1) is 0 Å². The molecule has 0 heterocycles. The Morgan fingerprint density at radius 1 is 1.31 bits per heavy atom. The fourth-order valence-corrected chi connectivity index (χ4v) is 1.78. The van der Waals surface area contributed by atoms with Crippen molar-refractivity contribution in [2.24, 2.45) is 5.92 Å². The molecule has 1 aliphatic carbocycles. The van der Waals surface area contributed by atoms with E-state index in [1.54, 1.807) is 12.2 Å². The SMILES string of the molecule is O=C(c1ccc(F)cc1)C1C=CC(Cl)=CC1. The van der Waals surface area contributed by atoms with Gasteiger partial charge in [0, 0.05) is 16.5 Å². The molecule has 0 bridgehead atoms. The monoisotopic (exact) mass is 236 g/mol. The number of carbonyl (C=O) groups excluding carboxylic acids is 1. The zero-order valence-electron chi connectivity index (χ0n) is 8.49. The van der Waals surface area contributed by atoms with Crippen molar-refractivity contribution in [2.75, 3.05) is 0 Å². The van der Waals surface area contributed by atoms with Gasteiger partial charge in [-0.25, -0.2) is 4.39 Å². The first kappa shape index (κ1) is 11.1. The standard InChI is InChI=1S/C13H10ClFO/c14-11-5-1-9(2-6-11)13(16)10-3-7-12(15)8-4-10/h1,3-9H,2H2. The van der Waals surface area contributed by atoms with Gasteiger partial charge in [0.25, 0.3) is 0 Å². The molecule has 0 saturated heterocycles. The molecule has 1 aromatic rings. The van der Waals surface area contributed by atoms with E-state index < -0.39 is 0 Å². The summed E-state index contributed by atoms with van der Waals surface area (Å²) in [5, 5.41) is 0.656. The smallest absolute Gasteiger partial charge is 0.170 e. The minimum Gasteiger partial charge on any atom is -0.294 e. The number of ketones is 1. The van der Waals surface area contributed by atoms with E-state index in [0.29, 0.717) is 17.0 Å². The Morgan fingerprint density at radius 3 is 2.56 bits per heavy atom. The molecule has 1 atom stereocenters. The largest absolute Gasteiger partial charge is 0.294 e. The molecular weight excluding hydrogens is 227 g/mol. The molecule has 0 aromatic heterocycles. The number of allylic oxidation sites excluding steroid dienone is 4. The van der Waals surface area contributed by atoms with Crippen molar-refractivity contribution in [3.8, 4) is 0 Å². The lowest BCUT2D eigenvalue weighted by atomic mass is 9.92. The molecule has 0 radical (unpaired) electrons. The fraction of sp³-hybridized carbons (Fsp3) is 0.154. The second-order valence-electron chi connectivity index (χ2n) is 3.66. The molecule has 82 valence electrons. The fourth-order valence-electron chi connectivity index (χ4n) is 1.62. The summed E-state index contributed by atoms with van der Waals surface area (Å²) in [6.07, 6.45) is 5.92. The Kier molecular flexibility index (Phi) is 3.20. The van der Waals surface area contributed by atoms with Gasteiger partial charge in [-0.05, 0) is 36.8 Å². The predicted molar refractivity (Wildman–Crippen MR) is 61.9 cm³/mol. The summed E-state index contributed by atoms with van der Waals surface area (Å²) in [6.45, 7) is 0. The summed E-state index contributed by atoms with van der Waals surface area (Å²) in [4.78, 5) is 12.0. The highest BCUT2D eigenvalue weighted by Gasteiger charge is 2.18. The molecular formula is C13H10ClFO. The van der Waals surface area contributed by atoms with Crippen molar-refractivity contribution in [1.82, 2.24) is 0 Å². The maximum Gasteiger partial charge on any atom is 0.170 e. The third kappa shape index (κ3) is 2.39. The second kappa shape index (κ2) is 4.62. The molecule has 1 unspecified atom stereocenters. The van der Waals surface area contributed by atoms with E-state index in [0.717, 1.165) is 0 Å². The van der Waals surface area contributed by atoms with Crippen LogP contribution in [0.3, 0.4) is 0 Å². The van der Waals surface area contributed by atoms with E-state index in [4.69, 9.17) is 11.6 Å². The first-order valence-electron chi connectivity index (χ1n) is 5.00. The van der Waals surface area contributed by atoms with Crippen LogP contribution in [0.25, 0.3) is 0 Å². The predicted octanol–water partition coefficient (Wildman–Crippen LogP) is 3.71. The summed E-state index contributed by atoms with van der Waals surface area (Å²) in [5.74, 6) is -0.525. The minimum absolute atomic E-state index is 0.00309. The molecule has 16 heavy (non-hydrogen) atoms. The Hall–Kier alpha value is -1.41. The van der Waals surface area contributed by atoms with Crippen LogP contribution in [0.4, 0.5) is 4.39 Å². The topological polar surface area (TPSA) is 17.1 Å². The van der Waals surface area contributed by atoms with Gasteiger partial charge in [0.15, 0.2) is 5.78 Å². The van der Waals surface area contributed by atoms with Crippen LogP contribution in [0, 0.1) is 11.7 Å². The molecule has 0 aliphatic heterocycles. The van der Waals surface area contributed by atoms with Gasteiger partial charge < -0.3 is 0 Å². The maximum absolute atomic E-state index is 12.7. The van der Waals surface area contributed by atoms with Gasteiger partial charge in [0.1, 0.15) is 5.82 Å². The molecule has 1 aliphatic rings. The Balaban J connectivity index is 2.15. The number of hydrogen-bond donors (Lipinski definition) is 0. The number of halogens is 2. The van der Waals surface area contributed by atoms with E-state index in [9.17, 15) is 9.18 Å². The third-order valence-electron chi connectivity index (χ3n) is 2.52. The van der Waals surface area contributed by atoms with Crippen molar-refractivity contribution in [2.45, 2.75) is 6.42 Å². The normalized spacial score (nSPS) is 19.4. The zero-order valence-corrected chi connectivity index (χ0v) is 9.25. The number of rotatable bonds is 2. The van der Waals surface area contributed by atoms with Crippen molar-refractivity contribution in [3.63, 3.8) is 0 Å². The number of Topliss-reactive ketones (excluding diaryl/α,β-unsaturated/α-hetero) is 1. The lowest BCUT2D eigenvalue weighted by Crippen LogP contribution is -2.13.